The first-order chi connectivity index (χ1) is 12.7. The maximum absolute atomic E-state index is 12.0. The van der Waals surface area contributed by atoms with Crippen molar-refractivity contribution in [2.75, 3.05) is 13.4 Å². The summed E-state index contributed by atoms with van der Waals surface area (Å²) in [5.41, 5.74) is 1.35. The Morgan fingerprint density at radius 1 is 1.15 bits per heavy atom. The SMILES string of the molecule is COC(=O)Cn1c(C)c(Oc2ccc(Cl)cc2)c2cc(S(C)(=O)=O)ccc21. The molecule has 0 atom stereocenters. The molecule has 27 heavy (non-hydrogen) atoms. The lowest BCUT2D eigenvalue weighted by Gasteiger charge is -2.08. The average Bonchev–Trinajstić information content (AvgIpc) is 2.88. The van der Waals surface area contributed by atoms with E-state index in [2.05, 4.69) is 0 Å². The summed E-state index contributed by atoms with van der Waals surface area (Å²) in [6, 6.07) is 11.5. The van der Waals surface area contributed by atoms with Crippen LogP contribution in [0.2, 0.25) is 5.02 Å². The summed E-state index contributed by atoms with van der Waals surface area (Å²) >= 11 is 5.91. The molecule has 3 rings (SSSR count). The molecule has 0 saturated carbocycles. The number of halogens is 1. The Morgan fingerprint density at radius 3 is 2.41 bits per heavy atom. The van der Waals surface area contributed by atoms with Gasteiger partial charge in [0.2, 0.25) is 0 Å². The van der Waals surface area contributed by atoms with E-state index in [0.717, 1.165) is 6.26 Å². The summed E-state index contributed by atoms with van der Waals surface area (Å²) in [5, 5.41) is 1.17. The predicted molar refractivity (Wildman–Crippen MR) is 103 cm³/mol. The number of rotatable bonds is 5. The van der Waals surface area contributed by atoms with E-state index in [0.29, 0.717) is 33.1 Å². The van der Waals surface area contributed by atoms with Crippen LogP contribution in [0, 0.1) is 6.92 Å². The van der Waals surface area contributed by atoms with Gasteiger partial charge < -0.3 is 14.0 Å². The van der Waals surface area contributed by atoms with Crippen molar-refractivity contribution in [2.24, 2.45) is 0 Å². The van der Waals surface area contributed by atoms with Gasteiger partial charge in [0.25, 0.3) is 0 Å². The molecule has 8 heteroatoms. The molecule has 0 radical (unpaired) electrons. The van der Waals surface area contributed by atoms with Crippen LogP contribution in [0.1, 0.15) is 5.69 Å². The van der Waals surface area contributed by atoms with E-state index in [1.54, 1.807) is 47.9 Å². The molecular formula is C19H18ClNO5S. The molecular weight excluding hydrogens is 390 g/mol. The highest BCUT2D eigenvalue weighted by atomic mass is 35.5. The van der Waals surface area contributed by atoms with Gasteiger partial charge in [0.05, 0.1) is 23.2 Å². The van der Waals surface area contributed by atoms with Gasteiger partial charge in [0.15, 0.2) is 15.6 Å². The first-order valence-electron chi connectivity index (χ1n) is 8.04. The van der Waals surface area contributed by atoms with Crippen molar-refractivity contribution < 1.29 is 22.7 Å². The molecule has 0 fully saturated rings. The number of hydrogen-bond donors (Lipinski definition) is 0. The Kier molecular flexibility index (Phi) is 5.17. The highest BCUT2D eigenvalue weighted by molar-refractivity contribution is 7.90. The van der Waals surface area contributed by atoms with Crippen molar-refractivity contribution in [1.29, 1.82) is 0 Å². The molecule has 0 unspecified atom stereocenters. The van der Waals surface area contributed by atoms with E-state index in [4.69, 9.17) is 21.1 Å². The molecule has 2 aromatic carbocycles. The Hall–Kier alpha value is -2.51. The molecule has 0 amide bonds. The van der Waals surface area contributed by atoms with Crippen molar-refractivity contribution >= 4 is 38.3 Å². The van der Waals surface area contributed by atoms with Crippen LogP contribution >= 0.6 is 11.6 Å². The molecule has 0 N–H and O–H groups in total. The number of aromatic nitrogens is 1. The number of esters is 1. The van der Waals surface area contributed by atoms with Gasteiger partial charge in [-0.2, -0.15) is 0 Å². The Balaban J connectivity index is 2.20. The van der Waals surface area contributed by atoms with Crippen molar-refractivity contribution in [3.05, 3.63) is 53.2 Å². The highest BCUT2D eigenvalue weighted by Crippen LogP contribution is 2.37. The standard InChI is InChI=1S/C19H18ClNO5S/c1-12-19(26-14-6-4-13(20)5-7-14)16-10-15(27(3,23)24)8-9-17(16)21(12)11-18(22)25-2/h4-10H,11H2,1-3H3. The van der Waals surface area contributed by atoms with Crippen molar-refractivity contribution in [3.8, 4) is 11.5 Å². The lowest BCUT2D eigenvalue weighted by Crippen LogP contribution is -2.12. The van der Waals surface area contributed by atoms with Crippen LogP contribution in [0.25, 0.3) is 10.9 Å². The van der Waals surface area contributed by atoms with Crippen molar-refractivity contribution in [2.45, 2.75) is 18.4 Å². The number of methoxy groups -OCH3 is 1. The predicted octanol–water partition coefficient (Wildman–Crippen LogP) is 3.97. The largest absolute Gasteiger partial charge is 0.468 e. The van der Waals surface area contributed by atoms with Crippen LogP contribution in [0.4, 0.5) is 0 Å². The van der Waals surface area contributed by atoms with Crippen LogP contribution in [-0.2, 0) is 25.9 Å². The number of ether oxygens (including phenoxy) is 2. The average molecular weight is 408 g/mol. The molecule has 0 aliphatic carbocycles. The summed E-state index contributed by atoms with van der Waals surface area (Å²) in [7, 11) is -2.08. The molecule has 0 aliphatic heterocycles. The first kappa shape index (κ1) is 19.3. The Morgan fingerprint density at radius 2 is 1.81 bits per heavy atom. The highest BCUT2D eigenvalue weighted by Gasteiger charge is 2.20. The number of carbonyl (C=O) groups excluding carboxylic acids is 1. The minimum absolute atomic E-state index is 0.0129. The van der Waals surface area contributed by atoms with E-state index >= 15 is 0 Å². The third-order valence-electron chi connectivity index (χ3n) is 4.21. The monoisotopic (exact) mass is 407 g/mol. The molecule has 0 spiro atoms. The van der Waals surface area contributed by atoms with E-state index in [-0.39, 0.29) is 11.4 Å². The number of sulfone groups is 1. The van der Waals surface area contributed by atoms with Gasteiger partial charge in [-0.05, 0) is 49.4 Å². The molecule has 0 saturated heterocycles. The topological polar surface area (TPSA) is 74.6 Å². The number of nitrogens with zero attached hydrogens (tertiary/aromatic N) is 1. The van der Waals surface area contributed by atoms with E-state index in [9.17, 15) is 13.2 Å². The third kappa shape index (κ3) is 3.94. The van der Waals surface area contributed by atoms with Gasteiger partial charge in [0.1, 0.15) is 12.3 Å². The van der Waals surface area contributed by atoms with Gasteiger partial charge >= 0.3 is 5.97 Å². The quantitative estimate of drug-likeness (QED) is 0.598. The zero-order valence-corrected chi connectivity index (χ0v) is 16.6. The number of fused-ring (bicyclic) bond motifs is 1. The van der Waals surface area contributed by atoms with Crippen LogP contribution < -0.4 is 4.74 Å². The zero-order valence-electron chi connectivity index (χ0n) is 15.0. The molecule has 0 bridgehead atoms. The molecule has 0 aliphatic rings. The fourth-order valence-electron chi connectivity index (χ4n) is 2.81. The van der Waals surface area contributed by atoms with Crippen LogP contribution in [-0.4, -0.2) is 32.3 Å². The maximum Gasteiger partial charge on any atom is 0.325 e. The first-order valence-corrected chi connectivity index (χ1v) is 10.3. The maximum atomic E-state index is 12.0. The lowest BCUT2D eigenvalue weighted by atomic mass is 10.2. The minimum Gasteiger partial charge on any atom is -0.468 e. The normalized spacial score (nSPS) is 11.6. The number of benzene rings is 2. The molecule has 6 nitrogen and oxygen atoms in total. The number of hydrogen-bond acceptors (Lipinski definition) is 5. The number of carbonyl (C=O) groups is 1. The van der Waals surface area contributed by atoms with Crippen molar-refractivity contribution in [1.82, 2.24) is 4.57 Å². The van der Waals surface area contributed by atoms with Crippen molar-refractivity contribution in [3.63, 3.8) is 0 Å². The minimum atomic E-state index is -3.39. The van der Waals surface area contributed by atoms with Crippen LogP contribution in [0.3, 0.4) is 0 Å². The van der Waals surface area contributed by atoms with Gasteiger partial charge in [-0.25, -0.2) is 8.42 Å². The molecule has 142 valence electrons. The Labute approximate surface area is 162 Å². The van der Waals surface area contributed by atoms with Gasteiger partial charge in [0, 0.05) is 16.7 Å². The smallest absolute Gasteiger partial charge is 0.325 e. The summed E-state index contributed by atoms with van der Waals surface area (Å²) in [4.78, 5) is 12.0. The second kappa shape index (κ2) is 7.25. The summed E-state index contributed by atoms with van der Waals surface area (Å²) in [5.74, 6) is 0.603. The second-order valence-corrected chi connectivity index (χ2v) is 8.54. The van der Waals surface area contributed by atoms with E-state index < -0.39 is 15.8 Å². The second-order valence-electron chi connectivity index (χ2n) is 6.08. The lowest BCUT2D eigenvalue weighted by molar-refractivity contribution is -0.141. The summed E-state index contributed by atoms with van der Waals surface area (Å²) in [6.45, 7) is 1.79. The van der Waals surface area contributed by atoms with E-state index in [1.807, 2.05) is 0 Å². The fraction of sp³-hybridized carbons (Fsp3) is 0.211. The van der Waals surface area contributed by atoms with E-state index in [1.165, 1.54) is 13.2 Å². The molecule has 1 aromatic heterocycles. The molecule has 1 heterocycles. The molecule has 3 aromatic rings. The summed E-state index contributed by atoms with van der Waals surface area (Å²) in [6.07, 6.45) is 1.15. The summed E-state index contributed by atoms with van der Waals surface area (Å²) < 4.78 is 36.4. The Bertz CT molecular complexity index is 1120. The van der Waals surface area contributed by atoms with Gasteiger partial charge in [-0.15, -0.1) is 0 Å². The van der Waals surface area contributed by atoms with Crippen LogP contribution in [0.5, 0.6) is 11.5 Å². The third-order valence-corrected chi connectivity index (χ3v) is 5.58. The van der Waals surface area contributed by atoms with Gasteiger partial charge in [-0.1, -0.05) is 11.6 Å². The van der Waals surface area contributed by atoms with Crippen LogP contribution in [0.15, 0.2) is 47.4 Å². The fourth-order valence-corrected chi connectivity index (χ4v) is 3.58. The zero-order chi connectivity index (χ0) is 19.8. The van der Waals surface area contributed by atoms with Gasteiger partial charge in [-0.3, -0.25) is 4.79 Å².